The lowest BCUT2D eigenvalue weighted by atomic mass is 10.2. The molecule has 6 heteroatoms. The lowest BCUT2D eigenvalue weighted by molar-refractivity contribution is 0.0952. The van der Waals surface area contributed by atoms with Crippen molar-refractivity contribution in [1.82, 2.24) is 20.3 Å². The van der Waals surface area contributed by atoms with Crippen LogP contribution in [0.1, 0.15) is 16.2 Å². The summed E-state index contributed by atoms with van der Waals surface area (Å²) in [7, 11) is 0. The number of pyridine rings is 1. The quantitative estimate of drug-likeness (QED) is 0.672. The summed E-state index contributed by atoms with van der Waals surface area (Å²) < 4.78 is 0. The van der Waals surface area contributed by atoms with Crippen molar-refractivity contribution in [2.45, 2.75) is 6.42 Å². The second-order valence-corrected chi connectivity index (χ2v) is 4.62. The molecule has 0 spiro atoms. The first kappa shape index (κ1) is 13.1. The monoisotopic (exact) mass is 282 g/mol. The van der Waals surface area contributed by atoms with Crippen LogP contribution in [0.5, 0.6) is 0 Å². The van der Waals surface area contributed by atoms with Gasteiger partial charge in [-0.25, -0.2) is 4.98 Å². The van der Waals surface area contributed by atoms with Crippen LogP contribution in [0.2, 0.25) is 0 Å². The third kappa shape index (κ3) is 2.84. The van der Waals surface area contributed by atoms with Gasteiger partial charge in [-0.2, -0.15) is 0 Å². The summed E-state index contributed by atoms with van der Waals surface area (Å²) in [5.41, 5.74) is 1.59. The number of imidazole rings is 1. The molecule has 3 rings (SSSR count). The standard InChI is InChI=1S/C15H14N4O2/c20-14-10(4-3-8-16-14)15(21)17-9-7-13-18-11-5-1-2-6-12(11)19-13/h1-6,8H,7,9H2,(H,16,20)(H,17,21)(H,18,19). The Labute approximate surface area is 120 Å². The van der Waals surface area contributed by atoms with E-state index in [2.05, 4.69) is 20.3 Å². The number of benzene rings is 1. The molecule has 1 aromatic carbocycles. The van der Waals surface area contributed by atoms with E-state index in [9.17, 15) is 9.59 Å². The van der Waals surface area contributed by atoms with E-state index < -0.39 is 5.56 Å². The van der Waals surface area contributed by atoms with E-state index in [1.807, 2.05) is 24.3 Å². The molecule has 106 valence electrons. The average Bonchev–Trinajstić information content (AvgIpc) is 2.90. The van der Waals surface area contributed by atoms with E-state index in [0.29, 0.717) is 13.0 Å². The lowest BCUT2D eigenvalue weighted by Crippen LogP contribution is -2.30. The smallest absolute Gasteiger partial charge is 0.260 e. The zero-order valence-electron chi connectivity index (χ0n) is 11.2. The fraction of sp³-hybridized carbons (Fsp3) is 0.133. The van der Waals surface area contributed by atoms with Gasteiger partial charge in [0.1, 0.15) is 11.4 Å². The molecule has 0 atom stereocenters. The Morgan fingerprint density at radius 1 is 1.19 bits per heavy atom. The molecule has 21 heavy (non-hydrogen) atoms. The Balaban J connectivity index is 1.62. The minimum Gasteiger partial charge on any atom is -0.351 e. The number of aromatic amines is 2. The largest absolute Gasteiger partial charge is 0.351 e. The predicted octanol–water partition coefficient (Wildman–Crippen LogP) is 1.22. The molecule has 0 fully saturated rings. The van der Waals surface area contributed by atoms with E-state index >= 15 is 0 Å². The van der Waals surface area contributed by atoms with Gasteiger partial charge in [-0.15, -0.1) is 0 Å². The number of hydrogen-bond donors (Lipinski definition) is 3. The fourth-order valence-electron chi connectivity index (χ4n) is 2.11. The van der Waals surface area contributed by atoms with Crippen LogP contribution in [0.4, 0.5) is 0 Å². The molecule has 2 heterocycles. The SMILES string of the molecule is O=C(NCCc1nc2ccccc2[nH]1)c1ccc[nH]c1=O. The molecule has 0 aliphatic carbocycles. The number of nitrogens with zero attached hydrogens (tertiary/aromatic N) is 1. The molecule has 0 unspecified atom stereocenters. The van der Waals surface area contributed by atoms with Gasteiger partial charge in [0.2, 0.25) is 0 Å². The van der Waals surface area contributed by atoms with Gasteiger partial charge in [-0.05, 0) is 24.3 Å². The molecule has 0 radical (unpaired) electrons. The Hall–Kier alpha value is -2.89. The van der Waals surface area contributed by atoms with E-state index in [0.717, 1.165) is 16.9 Å². The summed E-state index contributed by atoms with van der Waals surface area (Å²) in [6.07, 6.45) is 2.07. The van der Waals surface area contributed by atoms with Gasteiger partial charge >= 0.3 is 0 Å². The van der Waals surface area contributed by atoms with Crippen LogP contribution in [-0.2, 0) is 6.42 Å². The second-order valence-electron chi connectivity index (χ2n) is 4.62. The minimum atomic E-state index is -0.390. The number of carbonyl (C=O) groups excluding carboxylic acids is 1. The maximum Gasteiger partial charge on any atom is 0.260 e. The normalized spacial score (nSPS) is 10.7. The molecule has 0 aliphatic rings. The fourth-order valence-corrected chi connectivity index (χ4v) is 2.11. The number of rotatable bonds is 4. The number of carbonyl (C=O) groups is 1. The van der Waals surface area contributed by atoms with Crippen LogP contribution in [0.25, 0.3) is 11.0 Å². The molecular formula is C15H14N4O2. The van der Waals surface area contributed by atoms with Crippen LogP contribution >= 0.6 is 0 Å². The first-order chi connectivity index (χ1) is 10.2. The van der Waals surface area contributed by atoms with Crippen LogP contribution in [0.15, 0.2) is 47.4 Å². The number of aromatic nitrogens is 3. The van der Waals surface area contributed by atoms with Crippen LogP contribution in [0, 0.1) is 0 Å². The number of hydrogen-bond acceptors (Lipinski definition) is 3. The summed E-state index contributed by atoms with van der Waals surface area (Å²) >= 11 is 0. The molecule has 1 amide bonds. The average molecular weight is 282 g/mol. The molecule has 6 nitrogen and oxygen atoms in total. The van der Waals surface area contributed by atoms with Crippen molar-refractivity contribution in [3.63, 3.8) is 0 Å². The summed E-state index contributed by atoms with van der Waals surface area (Å²) in [6, 6.07) is 10.9. The summed E-state index contributed by atoms with van der Waals surface area (Å²) in [5, 5.41) is 2.71. The molecule has 3 N–H and O–H groups in total. The van der Waals surface area contributed by atoms with Crippen LogP contribution < -0.4 is 10.9 Å². The topological polar surface area (TPSA) is 90.6 Å². The summed E-state index contributed by atoms with van der Waals surface area (Å²) in [5.74, 6) is 0.423. The van der Waals surface area contributed by atoms with Crippen molar-refractivity contribution in [2.24, 2.45) is 0 Å². The predicted molar refractivity (Wildman–Crippen MR) is 79.2 cm³/mol. The van der Waals surface area contributed by atoms with Gasteiger partial charge in [0, 0.05) is 19.2 Å². The number of amides is 1. The van der Waals surface area contributed by atoms with Gasteiger partial charge in [0.25, 0.3) is 11.5 Å². The third-order valence-electron chi connectivity index (χ3n) is 3.15. The molecule has 3 aromatic rings. The Bertz CT molecular complexity index is 802. The minimum absolute atomic E-state index is 0.113. The van der Waals surface area contributed by atoms with Gasteiger partial charge in [-0.1, -0.05) is 12.1 Å². The summed E-state index contributed by atoms with van der Waals surface area (Å²) in [4.78, 5) is 33.4. The van der Waals surface area contributed by atoms with Crippen molar-refractivity contribution < 1.29 is 4.79 Å². The second kappa shape index (κ2) is 5.62. The van der Waals surface area contributed by atoms with Gasteiger partial charge in [0.15, 0.2) is 0 Å². The highest BCUT2D eigenvalue weighted by Crippen LogP contribution is 2.10. The zero-order chi connectivity index (χ0) is 14.7. The van der Waals surface area contributed by atoms with E-state index in [4.69, 9.17) is 0 Å². The number of H-pyrrole nitrogens is 2. The first-order valence-electron chi connectivity index (χ1n) is 6.63. The zero-order valence-corrected chi connectivity index (χ0v) is 11.2. The van der Waals surface area contributed by atoms with E-state index in [-0.39, 0.29) is 11.5 Å². The highest BCUT2D eigenvalue weighted by molar-refractivity contribution is 5.93. The van der Waals surface area contributed by atoms with E-state index in [1.54, 1.807) is 6.07 Å². The van der Waals surface area contributed by atoms with Crippen molar-refractivity contribution in [2.75, 3.05) is 6.54 Å². The molecule has 2 aromatic heterocycles. The van der Waals surface area contributed by atoms with Crippen LogP contribution in [0.3, 0.4) is 0 Å². The molecular weight excluding hydrogens is 268 g/mol. The number of para-hydroxylation sites is 2. The Morgan fingerprint density at radius 2 is 2.05 bits per heavy atom. The Morgan fingerprint density at radius 3 is 2.86 bits per heavy atom. The molecule has 0 aliphatic heterocycles. The van der Waals surface area contributed by atoms with Gasteiger partial charge < -0.3 is 15.3 Å². The lowest BCUT2D eigenvalue weighted by Gasteiger charge is -2.02. The third-order valence-corrected chi connectivity index (χ3v) is 3.15. The molecule has 0 saturated carbocycles. The highest BCUT2D eigenvalue weighted by Gasteiger charge is 2.09. The summed E-state index contributed by atoms with van der Waals surface area (Å²) in [6.45, 7) is 0.410. The van der Waals surface area contributed by atoms with Crippen molar-refractivity contribution in [3.8, 4) is 0 Å². The number of nitrogens with one attached hydrogen (secondary N) is 3. The maximum absolute atomic E-state index is 11.9. The van der Waals surface area contributed by atoms with Crippen LogP contribution in [-0.4, -0.2) is 27.4 Å². The maximum atomic E-state index is 11.9. The Kier molecular flexibility index (Phi) is 3.51. The molecule has 0 saturated heterocycles. The first-order valence-corrected chi connectivity index (χ1v) is 6.63. The van der Waals surface area contributed by atoms with Crippen molar-refractivity contribution in [3.05, 3.63) is 64.3 Å². The molecule has 0 bridgehead atoms. The highest BCUT2D eigenvalue weighted by atomic mass is 16.2. The van der Waals surface area contributed by atoms with Crippen molar-refractivity contribution in [1.29, 1.82) is 0 Å². The van der Waals surface area contributed by atoms with Crippen molar-refractivity contribution >= 4 is 16.9 Å². The van der Waals surface area contributed by atoms with Gasteiger partial charge in [0.05, 0.1) is 11.0 Å². The van der Waals surface area contributed by atoms with E-state index in [1.165, 1.54) is 12.3 Å². The van der Waals surface area contributed by atoms with Gasteiger partial charge in [-0.3, -0.25) is 9.59 Å². The number of fused-ring (bicyclic) bond motifs is 1.